The van der Waals surface area contributed by atoms with Gasteiger partial charge < -0.3 is 14.8 Å². The highest BCUT2D eigenvalue weighted by molar-refractivity contribution is 7.89. The van der Waals surface area contributed by atoms with E-state index < -0.39 is 16.0 Å². The van der Waals surface area contributed by atoms with Crippen molar-refractivity contribution in [3.8, 4) is 0 Å². The van der Waals surface area contributed by atoms with Gasteiger partial charge in [0, 0.05) is 19.5 Å². The highest BCUT2D eigenvalue weighted by Crippen LogP contribution is 2.25. The maximum Gasteiger partial charge on any atom is 0.339 e. The van der Waals surface area contributed by atoms with Gasteiger partial charge in [0.25, 0.3) is 0 Å². The molecule has 1 fully saturated rings. The number of rotatable bonds is 7. The monoisotopic (exact) mass is 482 g/mol. The van der Waals surface area contributed by atoms with Gasteiger partial charge in [-0.2, -0.15) is 4.31 Å². The third-order valence-electron chi connectivity index (χ3n) is 5.74. The van der Waals surface area contributed by atoms with E-state index in [-0.39, 0.29) is 22.8 Å². The molecule has 0 saturated carbocycles. The molecule has 0 unspecified atom stereocenters. The van der Waals surface area contributed by atoms with Gasteiger partial charge in [-0.25, -0.2) is 13.2 Å². The number of esters is 1. The van der Waals surface area contributed by atoms with Crippen LogP contribution in [0.4, 0.5) is 5.69 Å². The van der Waals surface area contributed by atoms with Crippen molar-refractivity contribution in [3.05, 3.63) is 71.8 Å². The molecular formula is C25H26N2O6S. The Labute approximate surface area is 198 Å². The third-order valence-corrected chi connectivity index (χ3v) is 7.65. The number of carbonyl (C=O) groups is 2. The number of fused-ring (bicyclic) bond motifs is 1. The van der Waals surface area contributed by atoms with Crippen LogP contribution in [-0.2, 0) is 30.7 Å². The summed E-state index contributed by atoms with van der Waals surface area (Å²) in [4.78, 5) is 25.1. The zero-order valence-corrected chi connectivity index (χ0v) is 19.6. The maximum atomic E-state index is 12.7. The van der Waals surface area contributed by atoms with E-state index in [0.29, 0.717) is 38.4 Å². The smallest absolute Gasteiger partial charge is 0.339 e. The van der Waals surface area contributed by atoms with Crippen LogP contribution in [0, 0.1) is 0 Å². The van der Waals surface area contributed by atoms with Crippen LogP contribution in [0.2, 0.25) is 0 Å². The molecule has 1 aliphatic rings. The number of methoxy groups -OCH3 is 1. The molecule has 1 amide bonds. The van der Waals surface area contributed by atoms with E-state index >= 15 is 0 Å². The van der Waals surface area contributed by atoms with Crippen LogP contribution >= 0.6 is 0 Å². The fraction of sp³-hybridized carbons (Fsp3) is 0.280. The van der Waals surface area contributed by atoms with Crippen molar-refractivity contribution >= 4 is 38.4 Å². The van der Waals surface area contributed by atoms with Gasteiger partial charge in [0.2, 0.25) is 15.9 Å². The van der Waals surface area contributed by atoms with Gasteiger partial charge in [-0.15, -0.1) is 0 Å². The number of morpholine rings is 1. The summed E-state index contributed by atoms with van der Waals surface area (Å²) in [6.07, 6.45) is 0.591. The molecule has 0 bridgehead atoms. The fourth-order valence-electron chi connectivity index (χ4n) is 3.86. The lowest BCUT2D eigenvalue weighted by molar-refractivity contribution is -0.116. The first-order valence-electron chi connectivity index (χ1n) is 11.0. The minimum atomic E-state index is -3.55. The van der Waals surface area contributed by atoms with Crippen molar-refractivity contribution in [1.29, 1.82) is 0 Å². The normalized spacial score (nSPS) is 14.6. The summed E-state index contributed by atoms with van der Waals surface area (Å²) in [6.45, 7) is 1.46. The van der Waals surface area contributed by atoms with Crippen LogP contribution in [0.15, 0.2) is 65.6 Å². The van der Waals surface area contributed by atoms with Crippen molar-refractivity contribution in [2.45, 2.75) is 17.7 Å². The summed E-state index contributed by atoms with van der Waals surface area (Å²) >= 11 is 0. The number of nitrogens with zero attached hydrogens (tertiary/aromatic N) is 1. The number of aryl methyl sites for hydroxylation is 1. The topological polar surface area (TPSA) is 102 Å². The number of ether oxygens (including phenoxy) is 2. The molecule has 0 aliphatic carbocycles. The van der Waals surface area contributed by atoms with E-state index in [2.05, 4.69) is 5.32 Å². The van der Waals surface area contributed by atoms with Crippen molar-refractivity contribution in [2.75, 3.05) is 38.7 Å². The number of nitrogens with one attached hydrogen (secondary N) is 1. The Morgan fingerprint density at radius 1 is 1.00 bits per heavy atom. The molecule has 178 valence electrons. The number of sulfonamides is 1. The number of carbonyl (C=O) groups excluding carboxylic acids is 2. The van der Waals surface area contributed by atoms with Crippen molar-refractivity contribution in [1.82, 2.24) is 4.31 Å². The average molecular weight is 483 g/mol. The Morgan fingerprint density at radius 3 is 2.29 bits per heavy atom. The van der Waals surface area contributed by atoms with Gasteiger partial charge >= 0.3 is 5.97 Å². The Bertz CT molecular complexity index is 1300. The largest absolute Gasteiger partial charge is 0.465 e. The summed E-state index contributed by atoms with van der Waals surface area (Å²) in [5.74, 6) is -0.788. The Morgan fingerprint density at radius 2 is 1.65 bits per heavy atom. The molecule has 1 heterocycles. The van der Waals surface area contributed by atoms with Gasteiger partial charge in [-0.05, 0) is 47.0 Å². The molecule has 9 heteroatoms. The molecule has 1 N–H and O–H groups in total. The van der Waals surface area contributed by atoms with Crippen LogP contribution in [0.5, 0.6) is 0 Å². The van der Waals surface area contributed by atoms with Crippen LogP contribution in [0.3, 0.4) is 0 Å². The molecule has 34 heavy (non-hydrogen) atoms. The van der Waals surface area contributed by atoms with E-state index in [0.717, 1.165) is 16.3 Å². The van der Waals surface area contributed by atoms with Gasteiger partial charge in [0.1, 0.15) is 0 Å². The number of benzene rings is 3. The second kappa shape index (κ2) is 10.3. The predicted octanol–water partition coefficient (Wildman–Crippen LogP) is 3.22. The standard InChI is InChI=1S/C25H26N2O6S/c1-32-25(29)22-16-19-4-2-3-5-20(19)17-23(22)26-24(28)11-8-18-6-9-21(10-7-18)34(30,31)27-12-14-33-15-13-27/h2-7,9-10,16-17H,8,11-15H2,1H3,(H,26,28). The molecule has 0 spiro atoms. The maximum absolute atomic E-state index is 12.7. The van der Waals surface area contributed by atoms with E-state index in [1.807, 2.05) is 24.3 Å². The molecule has 0 radical (unpaired) electrons. The second-order valence-electron chi connectivity index (χ2n) is 7.95. The fourth-order valence-corrected chi connectivity index (χ4v) is 5.27. The summed E-state index contributed by atoms with van der Waals surface area (Å²) in [5.41, 5.74) is 1.51. The number of hydrogen-bond donors (Lipinski definition) is 1. The van der Waals surface area contributed by atoms with E-state index in [9.17, 15) is 18.0 Å². The third kappa shape index (κ3) is 5.27. The Kier molecular flexibility index (Phi) is 7.26. The quantitative estimate of drug-likeness (QED) is 0.519. The molecule has 3 aromatic carbocycles. The number of amides is 1. The molecule has 4 rings (SSSR count). The first kappa shape index (κ1) is 23.9. The second-order valence-corrected chi connectivity index (χ2v) is 9.88. The van der Waals surface area contributed by atoms with Crippen LogP contribution < -0.4 is 5.32 Å². The lowest BCUT2D eigenvalue weighted by Crippen LogP contribution is -2.40. The molecule has 0 aromatic heterocycles. The molecule has 8 nitrogen and oxygen atoms in total. The predicted molar refractivity (Wildman–Crippen MR) is 128 cm³/mol. The van der Waals surface area contributed by atoms with E-state index in [1.54, 1.807) is 36.4 Å². The van der Waals surface area contributed by atoms with Gasteiger partial charge in [-0.1, -0.05) is 36.4 Å². The van der Waals surface area contributed by atoms with E-state index in [4.69, 9.17) is 9.47 Å². The van der Waals surface area contributed by atoms with E-state index in [1.165, 1.54) is 11.4 Å². The summed E-state index contributed by atoms with van der Waals surface area (Å²) in [7, 11) is -2.26. The zero-order chi connectivity index (χ0) is 24.1. The lowest BCUT2D eigenvalue weighted by Gasteiger charge is -2.26. The average Bonchev–Trinajstić information content (AvgIpc) is 2.87. The Hall–Kier alpha value is -3.27. The number of anilines is 1. The van der Waals surface area contributed by atoms with Gasteiger partial charge in [-0.3, -0.25) is 4.79 Å². The van der Waals surface area contributed by atoms with Crippen LogP contribution in [0.1, 0.15) is 22.3 Å². The molecule has 0 atom stereocenters. The highest BCUT2D eigenvalue weighted by Gasteiger charge is 2.26. The summed E-state index contributed by atoms with van der Waals surface area (Å²) in [5, 5.41) is 4.57. The Balaban J connectivity index is 1.42. The van der Waals surface area contributed by atoms with Gasteiger partial charge in [0.05, 0.1) is 36.5 Å². The SMILES string of the molecule is COC(=O)c1cc2ccccc2cc1NC(=O)CCc1ccc(S(=O)(=O)N2CCOCC2)cc1. The lowest BCUT2D eigenvalue weighted by atomic mass is 10.0. The molecule has 1 aliphatic heterocycles. The first-order chi connectivity index (χ1) is 16.4. The molecule has 3 aromatic rings. The van der Waals surface area contributed by atoms with Crippen LogP contribution in [0.25, 0.3) is 10.8 Å². The van der Waals surface area contributed by atoms with Gasteiger partial charge in [0.15, 0.2) is 0 Å². The highest BCUT2D eigenvalue weighted by atomic mass is 32.2. The van der Waals surface area contributed by atoms with Crippen molar-refractivity contribution in [2.24, 2.45) is 0 Å². The summed E-state index contributed by atoms with van der Waals surface area (Å²) < 4.78 is 37.0. The zero-order valence-electron chi connectivity index (χ0n) is 18.8. The minimum Gasteiger partial charge on any atom is -0.465 e. The van der Waals surface area contributed by atoms with Crippen LogP contribution in [-0.4, -0.2) is 58.0 Å². The van der Waals surface area contributed by atoms with Crippen molar-refractivity contribution in [3.63, 3.8) is 0 Å². The summed E-state index contributed by atoms with van der Waals surface area (Å²) in [6, 6.07) is 17.6. The van der Waals surface area contributed by atoms with Crippen molar-refractivity contribution < 1.29 is 27.5 Å². The molecular weight excluding hydrogens is 456 g/mol. The number of hydrogen-bond acceptors (Lipinski definition) is 6. The molecule has 1 saturated heterocycles. The first-order valence-corrected chi connectivity index (χ1v) is 12.4. The minimum absolute atomic E-state index is 0.170.